The van der Waals surface area contributed by atoms with Gasteiger partial charge < -0.3 is 9.84 Å². The normalized spacial score (nSPS) is 19.9. The van der Waals surface area contributed by atoms with E-state index < -0.39 is 12.0 Å². The molecular weight excluding hydrogens is 262 g/mol. The van der Waals surface area contributed by atoms with Crippen LogP contribution in [0.15, 0.2) is 22.7 Å². The minimum Gasteiger partial charge on any atom is -0.492 e. The Morgan fingerprint density at radius 1 is 1.60 bits per heavy atom. The Labute approximate surface area is 95.4 Å². The van der Waals surface area contributed by atoms with Gasteiger partial charge in [-0.2, -0.15) is 0 Å². The molecule has 0 aliphatic carbocycles. The molecule has 0 aromatic heterocycles. The van der Waals surface area contributed by atoms with Crippen molar-refractivity contribution in [3.63, 3.8) is 0 Å². The van der Waals surface area contributed by atoms with Crippen LogP contribution < -0.4 is 10.1 Å². The first-order valence-electron chi connectivity index (χ1n) is 4.57. The summed E-state index contributed by atoms with van der Waals surface area (Å²) in [5.74, 6) is -0.254. The number of rotatable bonds is 1. The summed E-state index contributed by atoms with van der Waals surface area (Å²) in [4.78, 5) is 11.0. The molecule has 5 heteroatoms. The summed E-state index contributed by atoms with van der Waals surface area (Å²) in [6.45, 7) is 1.02. The number of carboxylic acids is 1. The molecule has 0 spiro atoms. The number of hydrogen-bond donors (Lipinski definition) is 2. The highest BCUT2D eigenvalue weighted by Crippen LogP contribution is 2.30. The van der Waals surface area contributed by atoms with Crippen LogP contribution in [0.25, 0.3) is 0 Å². The van der Waals surface area contributed by atoms with Gasteiger partial charge in [-0.15, -0.1) is 0 Å². The third-order valence-corrected chi connectivity index (χ3v) is 2.73. The van der Waals surface area contributed by atoms with Gasteiger partial charge in [0.15, 0.2) is 0 Å². The minimum absolute atomic E-state index is 0.485. The molecule has 0 saturated heterocycles. The highest BCUT2D eigenvalue weighted by atomic mass is 79.9. The predicted octanol–water partition coefficient (Wildman–Crippen LogP) is 1.56. The molecule has 2 rings (SSSR count). The van der Waals surface area contributed by atoms with Gasteiger partial charge in [0.25, 0.3) is 0 Å². The first-order valence-corrected chi connectivity index (χ1v) is 5.36. The van der Waals surface area contributed by atoms with Crippen molar-refractivity contribution in [2.75, 3.05) is 13.2 Å². The van der Waals surface area contributed by atoms with E-state index in [-0.39, 0.29) is 0 Å². The number of halogens is 1. The molecule has 0 radical (unpaired) electrons. The van der Waals surface area contributed by atoms with Crippen LogP contribution in [0, 0.1) is 0 Å². The van der Waals surface area contributed by atoms with Crippen molar-refractivity contribution in [2.45, 2.75) is 6.04 Å². The number of carbonyl (C=O) groups is 1. The topological polar surface area (TPSA) is 58.6 Å². The maximum absolute atomic E-state index is 11.0. The maximum Gasteiger partial charge on any atom is 0.325 e. The van der Waals surface area contributed by atoms with E-state index in [1.807, 2.05) is 6.07 Å². The molecule has 1 unspecified atom stereocenters. The number of fused-ring (bicyclic) bond motifs is 1. The van der Waals surface area contributed by atoms with Gasteiger partial charge in [-0.05, 0) is 18.2 Å². The fourth-order valence-corrected chi connectivity index (χ4v) is 1.95. The summed E-state index contributed by atoms with van der Waals surface area (Å²) in [7, 11) is 0. The lowest BCUT2D eigenvalue weighted by Crippen LogP contribution is -2.29. The minimum atomic E-state index is -0.889. The highest BCUT2D eigenvalue weighted by molar-refractivity contribution is 9.10. The van der Waals surface area contributed by atoms with Gasteiger partial charge in [-0.1, -0.05) is 15.9 Å². The first-order chi connectivity index (χ1) is 7.18. The molecule has 1 aromatic rings. The lowest BCUT2D eigenvalue weighted by atomic mass is 10.1. The molecule has 0 bridgehead atoms. The zero-order chi connectivity index (χ0) is 10.8. The third kappa shape index (κ3) is 2.13. The summed E-state index contributed by atoms with van der Waals surface area (Å²) in [6, 6.07) is 4.69. The highest BCUT2D eigenvalue weighted by Gasteiger charge is 2.25. The van der Waals surface area contributed by atoms with E-state index in [0.717, 1.165) is 4.47 Å². The molecule has 80 valence electrons. The monoisotopic (exact) mass is 271 g/mol. The van der Waals surface area contributed by atoms with Crippen LogP contribution in [0.4, 0.5) is 0 Å². The standard InChI is InChI=1S/C10H10BrNO3/c11-6-1-2-8-7(5-6)9(10(13)14)12-3-4-15-8/h1-2,5,9,12H,3-4H2,(H,13,14). The SMILES string of the molecule is O=C(O)C1NCCOc2ccc(Br)cc21. The summed E-state index contributed by atoms with van der Waals surface area (Å²) in [5, 5.41) is 12.0. The lowest BCUT2D eigenvalue weighted by Gasteiger charge is -2.12. The molecule has 1 aliphatic rings. The van der Waals surface area contributed by atoms with Crippen molar-refractivity contribution in [2.24, 2.45) is 0 Å². The van der Waals surface area contributed by atoms with E-state index >= 15 is 0 Å². The van der Waals surface area contributed by atoms with Gasteiger partial charge in [-0.25, -0.2) is 0 Å². The number of aliphatic carboxylic acids is 1. The average molecular weight is 272 g/mol. The predicted molar refractivity (Wildman–Crippen MR) is 58.0 cm³/mol. The molecule has 0 fully saturated rings. The molecule has 1 atom stereocenters. The zero-order valence-electron chi connectivity index (χ0n) is 7.87. The Morgan fingerprint density at radius 2 is 2.40 bits per heavy atom. The van der Waals surface area contributed by atoms with Gasteiger partial charge in [-0.3, -0.25) is 10.1 Å². The van der Waals surface area contributed by atoms with Crippen molar-refractivity contribution < 1.29 is 14.6 Å². The van der Waals surface area contributed by atoms with Crippen molar-refractivity contribution in [1.29, 1.82) is 0 Å². The van der Waals surface area contributed by atoms with Crippen molar-refractivity contribution >= 4 is 21.9 Å². The number of carboxylic acid groups (broad SMARTS) is 1. The second kappa shape index (κ2) is 4.20. The van der Waals surface area contributed by atoms with E-state index in [1.165, 1.54) is 0 Å². The number of nitrogens with one attached hydrogen (secondary N) is 1. The van der Waals surface area contributed by atoms with E-state index in [2.05, 4.69) is 21.2 Å². The molecular formula is C10H10BrNO3. The zero-order valence-corrected chi connectivity index (χ0v) is 9.45. The van der Waals surface area contributed by atoms with Gasteiger partial charge in [0.2, 0.25) is 0 Å². The van der Waals surface area contributed by atoms with Crippen LogP contribution in [0.3, 0.4) is 0 Å². The first kappa shape index (κ1) is 10.4. The Hall–Kier alpha value is -1.07. The van der Waals surface area contributed by atoms with Gasteiger partial charge in [0.05, 0.1) is 0 Å². The van der Waals surface area contributed by atoms with E-state index in [9.17, 15) is 4.79 Å². The molecule has 0 amide bonds. The molecule has 1 aromatic carbocycles. The number of benzene rings is 1. The summed E-state index contributed by atoms with van der Waals surface area (Å²) >= 11 is 3.32. The van der Waals surface area contributed by atoms with Crippen LogP contribution in [0.2, 0.25) is 0 Å². The number of ether oxygens (including phenoxy) is 1. The Bertz CT molecular complexity index is 394. The van der Waals surface area contributed by atoms with Crippen LogP contribution in [0.1, 0.15) is 11.6 Å². The average Bonchev–Trinajstić information content (AvgIpc) is 2.39. The quantitative estimate of drug-likeness (QED) is 0.814. The van der Waals surface area contributed by atoms with Crippen LogP contribution in [-0.4, -0.2) is 24.2 Å². The Kier molecular flexibility index (Phi) is 2.93. The molecule has 4 nitrogen and oxygen atoms in total. The summed E-state index contributed by atoms with van der Waals surface area (Å²) in [5.41, 5.74) is 0.661. The second-order valence-electron chi connectivity index (χ2n) is 3.26. The molecule has 2 N–H and O–H groups in total. The van der Waals surface area contributed by atoms with Gasteiger partial charge in [0, 0.05) is 16.6 Å². The number of hydrogen-bond acceptors (Lipinski definition) is 3. The van der Waals surface area contributed by atoms with Gasteiger partial charge >= 0.3 is 5.97 Å². The van der Waals surface area contributed by atoms with E-state index in [4.69, 9.17) is 9.84 Å². The van der Waals surface area contributed by atoms with Crippen LogP contribution in [0.5, 0.6) is 5.75 Å². The molecule has 15 heavy (non-hydrogen) atoms. The third-order valence-electron chi connectivity index (χ3n) is 2.24. The largest absolute Gasteiger partial charge is 0.492 e. The van der Waals surface area contributed by atoms with Gasteiger partial charge in [0.1, 0.15) is 18.4 Å². The molecule has 1 heterocycles. The second-order valence-corrected chi connectivity index (χ2v) is 4.17. The molecule has 1 aliphatic heterocycles. The summed E-state index contributed by atoms with van der Waals surface area (Å²) < 4.78 is 6.28. The molecule has 0 saturated carbocycles. The van der Waals surface area contributed by atoms with Crippen LogP contribution >= 0.6 is 15.9 Å². The van der Waals surface area contributed by atoms with Crippen LogP contribution in [-0.2, 0) is 4.79 Å². The maximum atomic E-state index is 11.0. The lowest BCUT2D eigenvalue weighted by molar-refractivity contribution is -0.139. The summed E-state index contributed by atoms with van der Waals surface area (Å²) in [6.07, 6.45) is 0. The fraction of sp³-hybridized carbons (Fsp3) is 0.300. The fourth-order valence-electron chi connectivity index (χ4n) is 1.57. The van der Waals surface area contributed by atoms with Crippen molar-refractivity contribution in [3.05, 3.63) is 28.2 Å². The Balaban J connectivity index is 2.46. The van der Waals surface area contributed by atoms with E-state index in [1.54, 1.807) is 12.1 Å². The van der Waals surface area contributed by atoms with E-state index in [0.29, 0.717) is 24.5 Å². The Morgan fingerprint density at radius 3 is 3.13 bits per heavy atom. The van der Waals surface area contributed by atoms with Crippen molar-refractivity contribution in [1.82, 2.24) is 5.32 Å². The van der Waals surface area contributed by atoms with Crippen molar-refractivity contribution in [3.8, 4) is 5.75 Å². The smallest absolute Gasteiger partial charge is 0.325 e.